The molecule has 0 fully saturated rings. The van der Waals surface area contributed by atoms with E-state index in [1.165, 1.54) is 0 Å². The third-order valence-corrected chi connectivity index (χ3v) is 2.25. The first kappa shape index (κ1) is 7.30. The van der Waals surface area contributed by atoms with Crippen LogP contribution in [0.2, 0.25) is 5.02 Å². The van der Waals surface area contributed by atoms with E-state index < -0.39 is 5.91 Å². The smallest absolute Gasteiger partial charge is 0.262 e. The van der Waals surface area contributed by atoms with Crippen LogP contribution in [0.25, 0.3) is 0 Å². The highest BCUT2D eigenvalue weighted by molar-refractivity contribution is 7.09. The number of hydrogen-bond donors (Lipinski definition) is 2. The topological polar surface area (TPSA) is 82.0 Å². The van der Waals surface area contributed by atoms with E-state index >= 15 is 0 Å². The SMILES string of the molecule is NC(=O)c1snc(N)c1Cl. The van der Waals surface area contributed by atoms with E-state index in [4.69, 9.17) is 23.1 Å². The van der Waals surface area contributed by atoms with Gasteiger partial charge in [-0.2, -0.15) is 4.37 Å². The van der Waals surface area contributed by atoms with Crippen LogP contribution in [0.5, 0.6) is 0 Å². The second-order valence-corrected chi connectivity index (χ2v) is 2.73. The van der Waals surface area contributed by atoms with Crippen LogP contribution in [0.4, 0.5) is 5.82 Å². The lowest BCUT2D eigenvalue weighted by molar-refractivity contribution is 0.100. The minimum absolute atomic E-state index is 0.150. The Balaban J connectivity index is 3.17. The number of nitrogens with two attached hydrogens (primary N) is 2. The lowest BCUT2D eigenvalue weighted by Crippen LogP contribution is -2.09. The molecule has 10 heavy (non-hydrogen) atoms. The third-order valence-electron chi connectivity index (χ3n) is 0.883. The Kier molecular flexibility index (Phi) is 1.78. The van der Waals surface area contributed by atoms with Crippen molar-refractivity contribution in [3.63, 3.8) is 0 Å². The Hall–Kier alpha value is -0.810. The number of carbonyl (C=O) groups excluding carboxylic acids is 1. The number of halogens is 1. The molecule has 0 aromatic carbocycles. The molecular weight excluding hydrogens is 174 g/mol. The van der Waals surface area contributed by atoms with Crippen molar-refractivity contribution in [3.8, 4) is 0 Å². The maximum Gasteiger partial charge on any atom is 0.262 e. The van der Waals surface area contributed by atoms with Crippen molar-refractivity contribution in [2.45, 2.75) is 0 Å². The fourth-order valence-corrected chi connectivity index (χ4v) is 1.29. The summed E-state index contributed by atoms with van der Waals surface area (Å²) in [4.78, 5) is 10.7. The highest BCUT2D eigenvalue weighted by Crippen LogP contribution is 2.25. The summed E-state index contributed by atoms with van der Waals surface area (Å²) >= 11 is 6.43. The molecule has 0 radical (unpaired) electrons. The van der Waals surface area contributed by atoms with Gasteiger partial charge in [-0.05, 0) is 11.5 Å². The molecule has 1 amide bonds. The summed E-state index contributed by atoms with van der Waals surface area (Å²) in [6.45, 7) is 0. The fraction of sp³-hybridized carbons (Fsp3) is 0. The van der Waals surface area contributed by atoms with Gasteiger partial charge in [0.2, 0.25) is 0 Å². The number of aromatic nitrogens is 1. The van der Waals surface area contributed by atoms with Gasteiger partial charge in [-0.25, -0.2) is 0 Å². The van der Waals surface area contributed by atoms with Crippen LogP contribution in [0.15, 0.2) is 0 Å². The van der Waals surface area contributed by atoms with Crippen LogP contribution in [0.1, 0.15) is 9.67 Å². The highest BCUT2D eigenvalue weighted by Gasteiger charge is 2.12. The molecule has 0 aliphatic rings. The molecule has 6 heteroatoms. The Morgan fingerprint density at radius 3 is 2.50 bits per heavy atom. The van der Waals surface area contributed by atoms with Crippen LogP contribution >= 0.6 is 23.1 Å². The Bertz CT molecular complexity index is 271. The molecule has 0 saturated heterocycles. The van der Waals surface area contributed by atoms with E-state index in [9.17, 15) is 4.79 Å². The number of anilines is 1. The molecule has 0 bridgehead atoms. The Morgan fingerprint density at radius 2 is 2.30 bits per heavy atom. The van der Waals surface area contributed by atoms with E-state index in [2.05, 4.69) is 4.37 Å². The molecule has 0 atom stereocenters. The van der Waals surface area contributed by atoms with Gasteiger partial charge in [0.1, 0.15) is 9.90 Å². The van der Waals surface area contributed by atoms with Crippen LogP contribution < -0.4 is 11.5 Å². The zero-order valence-corrected chi connectivity index (χ0v) is 6.37. The first-order valence-corrected chi connectivity index (χ1v) is 3.48. The molecule has 4 nitrogen and oxygen atoms in total. The van der Waals surface area contributed by atoms with E-state index in [0.29, 0.717) is 0 Å². The minimum Gasteiger partial charge on any atom is -0.382 e. The predicted molar refractivity (Wildman–Crippen MR) is 40.1 cm³/mol. The summed E-state index contributed by atoms with van der Waals surface area (Å²) in [5, 5.41) is 0.150. The highest BCUT2D eigenvalue weighted by atomic mass is 35.5. The van der Waals surface area contributed by atoms with Gasteiger partial charge in [0.25, 0.3) is 5.91 Å². The molecule has 54 valence electrons. The number of amides is 1. The van der Waals surface area contributed by atoms with Crippen LogP contribution in [0.3, 0.4) is 0 Å². The van der Waals surface area contributed by atoms with E-state index in [-0.39, 0.29) is 15.7 Å². The molecule has 0 unspecified atom stereocenters. The lowest BCUT2D eigenvalue weighted by atomic mass is 10.4. The van der Waals surface area contributed by atoms with Crippen molar-refractivity contribution >= 4 is 34.9 Å². The van der Waals surface area contributed by atoms with Crippen LogP contribution in [-0.4, -0.2) is 10.3 Å². The van der Waals surface area contributed by atoms with Crippen molar-refractivity contribution in [3.05, 3.63) is 9.90 Å². The second kappa shape index (κ2) is 2.43. The van der Waals surface area contributed by atoms with E-state index in [0.717, 1.165) is 11.5 Å². The van der Waals surface area contributed by atoms with Gasteiger partial charge in [0, 0.05) is 0 Å². The first-order chi connectivity index (χ1) is 4.63. The van der Waals surface area contributed by atoms with E-state index in [1.54, 1.807) is 0 Å². The van der Waals surface area contributed by atoms with Gasteiger partial charge in [0.15, 0.2) is 5.82 Å². The molecule has 0 aliphatic heterocycles. The van der Waals surface area contributed by atoms with Crippen molar-refractivity contribution in [1.82, 2.24) is 4.37 Å². The van der Waals surface area contributed by atoms with Gasteiger partial charge >= 0.3 is 0 Å². The van der Waals surface area contributed by atoms with Gasteiger partial charge in [-0.3, -0.25) is 4.79 Å². The van der Waals surface area contributed by atoms with Gasteiger partial charge in [-0.1, -0.05) is 11.6 Å². The van der Waals surface area contributed by atoms with Crippen LogP contribution in [0, 0.1) is 0 Å². The number of nitrogens with zero attached hydrogens (tertiary/aromatic N) is 1. The zero-order chi connectivity index (χ0) is 7.72. The summed E-state index contributed by atoms with van der Waals surface area (Å²) in [6, 6.07) is 0. The van der Waals surface area contributed by atoms with E-state index in [1.807, 2.05) is 0 Å². The molecule has 0 spiro atoms. The molecule has 4 N–H and O–H groups in total. The molecule has 1 aromatic rings. The number of carbonyl (C=O) groups is 1. The van der Waals surface area contributed by atoms with Crippen molar-refractivity contribution in [2.24, 2.45) is 5.73 Å². The summed E-state index contributed by atoms with van der Waals surface area (Å²) < 4.78 is 3.62. The van der Waals surface area contributed by atoms with Gasteiger partial charge in [0.05, 0.1) is 0 Å². The standard InChI is InChI=1S/C4H4ClN3OS/c5-1-2(4(7)9)10-8-3(1)6/h(H2,6,8)(H2,7,9). The summed E-state index contributed by atoms with van der Waals surface area (Å²) in [6.07, 6.45) is 0. The average molecular weight is 178 g/mol. The second-order valence-electron chi connectivity index (χ2n) is 1.58. The van der Waals surface area contributed by atoms with Gasteiger partial charge < -0.3 is 11.5 Å². The number of nitrogen functional groups attached to an aromatic ring is 1. The summed E-state index contributed by atoms with van der Waals surface area (Å²) in [7, 11) is 0. The van der Waals surface area contributed by atoms with Crippen molar-refractivity contribution < 1.29 is 4.79 Å². The Labute approximate surface area is 65.9 Å². The summed E-state index contributed by atoms with van der Waals surface area (Å²) in [5.41, 5.74) is 10.2. The Morgan fingerprint density at radius 1 is 1.70 bits per heavy atom. The number of primary amides is 1. The predicted octanol–water partition coefficient (Wildman–Crippen LogP) is 0.478. The normalized spacial score (nSPS) is 9.70. The fourth-order valence-electron chi connectivity index (χ4n) is 0.444. The van der Waals surface area contributed by atoms with Crippen molar-refractivity contribution in [2.75, 3.05) is 5.73 Å². The monoisotopic (exact) mass is 177 g/mol. The molecule has 1 aromatic heterocycles. The third kappa shape index (κ3) is 1.05. The number of hydrogen-bond acceptors (Lipinski definition) is 4. The molecular formula is C4H4ClN3OS. The molecule has 1 rings (SSSR count). The largest absolute Gasteiger partial charge is 0.382 e. The van der Waals surface area contributed by atoms with Crippen molar-refractivity contribution in [1.29, 1.82) is 0 Å². The lowest BCUT2D eigenvalue weighted by Gasteiger charge is -1.86. The summed E-state index contributed by atoms with van der Waals surface area (Å²) in [5.74, 6) is -0.445. The molecule has 1 heterocycles. The first-order valence-electron chi connectivity index (χ1n) is 2.33. The average Bonchev–Trinajstić information content (AvgIpc) is 2.14. The maximum absolute atomic E-state index is 10.5. The zero-order valence-electron chi connectivity index (χ0n) is 4.80. The maximum atomic E-state index is 10.5. The minimum atomic E-state index is -0.598. The van der Waals surface area contributed by atoms with Gasteiger partial charge in [-0.15, -0.1) is 0 Å². The van der Waals surface area contributed by atoms with Crippen LogP contribution in [-0.2, 0) is 0 Å². The quantitative estimate of drug-likeness (QED) is 0.655. The number of rotatable bonds is 1. The molecule has 0 saturated carbocycles. The molecule has 0 aliphatic carbocycles.